The van der Waals surface area contributed by atoms with Gasteiger partial charge in [-0.05, 0) is 16.7 Å². The maximum absolute atomic E-state index is 6.50. The third-order valence-electron chi connectivity index (χ3n) is 6.61. The highest BCUT2D eigenvalue weighted by Gasteiger charge is 2.57. The average Bonchev–Trinajstić information content (AvgIpc) is 3.29. The molecule has 2 fully saturated rings. The van der Waals surface area contributed by atoms with Crippen LogP contribution in [0.2, 0.25) is 0 Å². The van der Waals surface area contributed by atoms with Gasteiger partial charge in [0.15, 0.2) is 6.29 Å². The number of ether oxygens (including phenoxy) is 7. The van der Waals surface area contributed by atoms with Crippen molar-refractivity contribution in [3.8, 4) is 0 Å². The largest absolute Gasteiger partial charge is 0.374 e. The lowest BCUT2D eigenvalue weighted by Crippen LogP contribution is -2.59. The molecule has 2 heterocycles. The molecular formula is C30H34O7. The van der Waals surface area contributed by atoms with Crippen LogP contribution in [-0.2, 0) is 53.0 Å². The molecule has 6 atom stereocenters. The van der Waals surface area contributed by atoms with Crippen LogP contribution in [0, 0.1) is 0 Å². The van der Waals surface area contributed by atoms with E-state index < -0.39 is 36.7 Å². The second-order valence-electron chi connectivity index (χ2n) is 9.33. The predicted molar refractivity (Wildman–Crippen MR) is 136 cm³/mol. The summed E-state index contributed by atoms with van der Waals surface area (Å²) in [7, 11) is 1.54. The molecule has 3 aromatic carbocycles. The molecule has 196 valence electrons. The molecule has 37 heavy (non-hydrogen) atoms. The van der Waals surface area contributed by atoms with Crippen molar-refractivity contribution in [1.29, 1.82) is 0 Å². The van der Waals surface area contributed by atoms with Gasteiger partial charge in [-0.3, -0.25) is 4.74 Å². The van der Waals surface area contributed by atoms with Crippen LogP contribution < -0.4 is 0 Å². The van der Waals surface area contributed by atoms with Crippen molar-refractivity contribution >= 4 is 0 Å². The maximum atomic E-state index is 6.50. The fraction of sp³-hybridized carbons (Fsp3) is 0.400. The molecule has 5 rings (SSSR count). The summed E-state index contributed by atoms with van der Waals surface area (Å²) < 4.78 is 43.2. The molecule has 0 aliphatic carbocycles. The lowest BCUT2D eigenvalue weighted by molar-refractivity contribution is -0.334. The van der Waals surface area contributed by atoms with Gasteiger partial charge in [0, 0.05) is 14.0 Å². The Hall–Kier alpha value is -2.62. The Morgan fingerprint density at radius 1 is 0.676 bits per heavy atom. The van der Waals surface area contributed by atoms with Crippen molar-refractivity contribution in [1.82, 2.24) is 0 Å². The summed E-state index contributed by atoms with van der Waals surface area (Å²) in [4.78, 5) is 0. The molecule has 7 heteroatoms. The minimum Gasteiger partial charge on any atom is -0.374 e. The zero-order valence-electron chi connectivity index (χ0n) is 21.2. The minimum absolute atomic E-state index is 0.301. The number of rotatable bonds is 11. The molecule has 2 aliphatic heterocycles. The summed E-state index contributed by atoms with van der Waals surface area (Å²) in [5.41, 5.74) is 3.19. The topological polar surface area (TPSA) is 64.6 Å². The first-order chi connectivity index (χ1) is 18.1. The zero-order chi connectivity index (χ0) is 25.5. The van der Waals surface area contributed by atoms with Gasteiger partial charge in [0.1, 0.15) is 24.4 Å². The number of hydrogen-bond acceptors (Lipinski definition) is 7. The molecule has 0 unspecified atom stereocenters. The summed E-state index contributed by atoms with van der Waals surface area (Å²) in [5, 5.41) is 0. The Morgan fingerprint density at radius 3 is 1.73 bits per heavy atom. The van der Waals surface area contributed by atoms with Crippen molar-refractivity contribution < 1.29 is 33.2 Å². The first kappa shape index (κ1) is 26.0. The smallest absolute Gasteiger partial charge is 0.282 e. The highest BCUT2D eigenvalue weighted by molar-refractivity contribution is 5.15. The molecule has 0 bridgehead atoms. The van der Waals surface area contributed by atoms with E-state index in [1.54, 1.807) is 14.0 Å². The molecule has 2 aliphatic rings. The summed E-state index contributed by atoms with van der Waals surface area (Å²) in [6.07, 6.45) is -2.63. The zero-order valence-corrected chi connectivity index (χ0v) is 21.2. The van der Waals surface area contributed by atoms with E-state index in [-0.39, 0.29) is 0 Å². The van der Waals surface area contributed by atoms with Crippen molar-refractivity contribution in [2.75, 3.05) is 13.7 Å². The van der Waals surface area contributed by atoms with Gasteiger partial charge >= 0.3 is 0 Å². The average molecular weight is 507 g/mol. The summed E-state index contributed by atoms with van der Waals surface area (Å²) in [6, 6.07) is 30.1. The first-order valence-corrected chi connectivity index (χ1v) is 12.6. The van der Waals surface area contributed by atoms with Crippen molar-refractivity contribution in [3.63, 3.8) is 0 Å². The summed E-state index contributed by atoms with van der Waals surface area (Å²) in [6.45, 7) is 3.28. The number of benzene rings is 3. The maximum Gasteiger partial charge on any atom is 0.282 e. The van der Waals surface area contributed by atoms with E-state index >= 15 is 0 Å². The highest BCUT2D eigenvalue weighted by atomic mass is 16.9. The van der Waals surface area contributed by atoms with E-state index in [0.29, 0.717) is 26.4 Å². The van der Waals surface area contributed by atoms with Gasteiger partial charge in [-0.15, -0.1) is 0 Å². The van der Waals surface area contributed by atoms with Crippen LogP contribution in [0.1, 0.15) is 23.6 Å². The first-order valence-electron chi connectivity index (χ1n) is 12.6. The molecule has 7 nitrogen and oxygen atoms in total. The normalized spacial score (nSPS) is 29.2. The standard InChI is InChI=1S/C30H34O7/c1-30(31-2)36-28-27(34-20-24-16-10-5-11-17-24)26(33-19-23-14-8-4-9-15-23)25(35-29(28)37-30)21-32-18-22-12-6-3-7-13-22/h3-17,25-29H,18-21H2,1-2H3/t25-,26-,27+,28-,29-,30+/m1/s1. The van der Waals surface area contributed by atoms with Crippen molar-refractivity contribution in [3.05, 3.63) is 108 Å². The highest BCUT2D eigenvalue weighted by Crippen LogP contribution is 2.39. The predicted octanol–water partition coefficient (Wildman–Crippen LogP) is 4.83. The van der Waals surface area contributed by atoms with Gasteiger partial charge < -0.3 is 28.4 Å². The van der Waals surface area contributed by atoms with Crippen molar-refractivity contribution in [2.24, 2.45) is 0 Å². The second-order valence-corrected chi connectivity index (χ2v) is 9.33. The van der Waals surface area contributed by atoms with Crippen LogP contribution in [0.15, 0.2) is 91.0 Å². The summed E-state index contributed by atoms with van der Waals surface area (Å²) >= 11 is 0. The fourth-order valence-corrected chi connectivity index (χ4v) is 4.61. The molecule has 0 aromatic heterocycles. The lowest BCUT2D eigenvalue weighted by atomic mass is 9.98. The van der Waals surface area contributed by atoms with E-state index in [9.17, 15) is 0 Å². The van der Waals surface area contributed by atoms with Crippen LogP contribution in [0.3, 0.4) is 0 Å². The van der Waals surface area contributed by atoms with Gasteiger partial charge in [0.2, 0.25) is 0 Å². The molecule has 0 saturated carbocycles. The van der Waals surface area contributed by atoms with Crippen LogP contribution in [0.4, 0.5) is 0 Å². The molecule has 0 spiro atoms. The van der Waals surface area contributed by atoms with Gasteiger partial charge in [-0.1, -0.05) is 91.0 Å². The SMILES string of the molecule is CO[C@]1(C)O[C@H]2O[C@H](COCc3ccccc3)[C@@H](OCc3ccccc3)[C@H](OCc3ccccc3)[C@H]2O1. The van der Waals surface area contributed by atoms with Gasteiger partial charge in [0.05, 0.1) is 26.4 Å². The summed E-state index contributed by atoms with van der Waals surface area (Å²) in [5.74, 6) is -1.24. The van der Waals surface area contributed by atoms with E-state index in [4.69, 9.17) is 33.2 Å². The Balaban J connectivity index is 1.36. The molecule has 3 aromatic rings. The van der Waals surface area contributed by atoms with Crippen molar-refractivity contribution in [2.45, 2.75) is 63.4 Å². The molecule has 2 saturated heterocycles. The Morgan fingerprint density at radius 2 is 1.19 bits per heavy atom. The number of fused-ring (bicyclic) bond motifs is 1. The van der Waals surface area contributed by atoms with Gasteiger partial charge in [-0.2, -0.15) is 0 Å². The van der Waals surface area contributed by atoms with Crippen LogP contribution in [0.5, 0.6) is 0 Å². The van der Waals surface area contributed by atoms with Crippen LogP contribution >= 0.6 is 0 Å². The van der Waals surface area contributed by atoms with Crippen LogP contribution in [0.25, 0.3) is 0 Å². The van der Waals surface area contributed by atoms with E-state index in [0.717, 1.165) is 16.7 Å². The Bertz CT molecular complexity index is 1080. The third-order valence-corrected chi connectivity index (χ3v) is 6.61. The third kappa shape index (κ3) is 6.64. The molecule has 0 N–H and O–H groups in total. The van der Waals surface area contributed by atoms with E-state index in [2.05, 4.69) is 0 Å². The van der Waals surface area contributed by atoms with Gasteiger partial charge in [0.25, 0.3) is 5.97 Å². The fourth-order valence-electron chi connectivity index (χ4n) is 4.61. The van der Waals surface area contributed by atoms with Gasteiger partial charge in [-0.25, -0.2) is 0 Å². The number of hydrogen-bond donors (Lipinski definition) is 0. The molecular weight excluding hydrogens is 472 g/mol. The Labute approximate surface area is 218 Å². The van der Waals surface area contributed by atoms with E-state index in [1.807, 2.05) is 91.0 Å². The minimum atomic E-state index is -1.24. The molecule has 0 radical (unpaired) electrons. The lowest BCUT2D eigenvalue weighted by Gasteiger charge is -2.42. The molecule has 0 amide bonds. The second kappa shape index (κ2) is 12.3. The monoisotopic (exact) mass is 506 g/mol. The Kier molecular flexibility index (Phi) is 8.63. The number of methoxy groups -OCH3 is 1. The quantitative estimate of drug-likeness (QED) is 0.369. The van der Waals surface area contributed by atoms with Crippen LogP contribution in [-0.4, -0.2) is 50.4 Å². The van der Waals surface area contributed by atoms with E-state index in [1.165, 1.54) is 0 Å².